The van der Waals surface area contributed by atoms with Gasteiger partial charge in [0.1, 0.15) is 0 Å². The Labute approximate surface area is 95.9 Å². The molecule has 2 N–H and O–H groups in total. The minimum atomic E-state index is -0.357. The zero-order chi connectivity index (χ0) is 11.8. The fourth-order valence-corrected chi connectivity index (χ4v) is 1.30. The molecule has 0 bridgehead atoms. The Bertz CT molecular complexity index is 307. The fourth-order valence-electron chi connectivity index (χ4n) is 1.30. The van der Waals surface area contributed by atoms with E-state index < -0.39 is 0 Å². The van der Waals surface area contributed by atoms with Crippen molar-refractivity contribution in [1.29, 1.82) is 0 Å². The molecule has 0 radical (unpaired) electrons. The lowest BCUT2D eigenvalue weighted by Crippen LogP contribution is -2.20. The van der Waals surface area contributed by atoms with Gasteiger partial charge in [0.25, 0.3) is 0 Å². The molecule has 0 aliphatic carbocycles. The van der Waals surface area contributed by atoms with E-state index in [0.717, 1.165) is 12.8 Å². The number of aliphatic hydroxyl groups is 1. The Morgan fingerprint density at radius 1 is 1.50 bits per heavy atom. The summed E-state index contributed by atoms with van der Waals surface area (Å²) in [5.74, 6) is 1.03. The summed E-state index contributed by atoms with van der Waals surface area (Å²) in [6.07, 6.45) is 3.01. The van der Waals surface area contributed by atoms with Crippen molar-refractivity contribution in [1.82, 2.24) is 9.97 Å². The zero-order valence-corrected chi connectivity index (χ0v) is 9.81. The summed E-state index contributed by atoms with van der Waals surface area (Å²) < 4.78 is 5.25. The van der Waals surface area contributed by atoms with Crippen molar-refractivity contribution in [2.75, 3.05) is 18.5 Å². The Balaban J connectivity index is 2.44. The molecule has 0 aliphatic rings. The van der Waals surface area contributed by atoms with E-state index in [1.807, 2.05) is 13.8 Å². The Morgan fingerprint density at radius 3 is 3.00 bits per heavy atom. The summed E-state index contributed by atoms with van der Waals surface area (Å²) in [5, 5.41) is 12.5. The Kier molecular flexibility index (Phi) is 5.56. The highest BCUT2D eigenvalue weighted by Crippen LogP contribution is 2.08. The van der Waals surface area contributed by atoms with Crippen LogP contribution in [0.1, 0.15) is 26.7 Å². The third-order valence-electron chi connectivity index (χ3n) is 2.04. The number of ether oxygens (including phenoxy) is 1. The molecule has 0 aromatic carbocycles. The molecule has 5 nitrogen and oxygen atoms in total. The standard InChI is InChI=1S/C11H19N3O2/c1-3-5-9(15)8-13-11-12-7-6-10(14-11)16-4-2/h6-7,9,15H,3-5,8H2,1-2H3,(H,12,13,14). The van der Waals surface area contributed by atoms with Crippen LogP contribution in [0, 0.1) is 0 Å². The number of nitrogens with one attached hydrogen (secondary N) is 1. The van der Waals surface area contributed by atoms with Crippen LogP contribution in [0.15, 0.2) is 12.3 Å². The molecule has 0 fully saturated rings. The normalized spacial score (nSPS) is 12.2. The number of nitrogens with zero attached hydrogens (tertiary/aromatic N) is 2. The largest absolute Gasteiger partial charge is 0.478 e. The molecule has 1 heterocycles. The van der Waals surface area contributed by atoms with Gasteiger partial charge in [0.2, 0.25) is 11.8 Å². The van der Waals surface area contributed by atoms with Crippen LogP contribution in [0.25, 0.3) is 0 Å². The highest BCUT2D eigenvalue weighted by Gasteiger charge is 2.04. The predicted octanol–water partition coefficient (Wildman–Crippen LogP) is 1.45. The Morgan fingerprint density at radius 2 is 2.31 bits per heavy atom. The van der Waals surface area contributed by atoms with Crippen molar-refractivity contribution in [3.8, 4) is 5.88 Å². The summed E-state index contributed by atoms with van der Waals surface area (Å²) in [5.41, 5.74) is 0. The van der Waals surface area contributed by atoms with Gasteiger partial charge in [-0.2, -0.15) is 4.98 Å². The average Bonchev–Trinajstić information content (AvgIpc) is 2.28. The van der Waals surface area contributed by atoms with Gasteiger partial charge in [-0.15, -0.1) is 0 Å². The summed E-state index contributed by atoms with van der Waals surface area (Å²) in [6, 6.07) is 1.71. The van der Waals surface area contributed by atoms with E-state index in [4.69, 9.17) is 4.74 Å². The molecule has 0 saturated carbocycles. The van der Waals surface area contributed by atoms with E-state index in [9.17, 15) is 5.11 Å². The molecule has 0 spiro atoms. The molecular weight excluding hydrogens is 206 g/mol. The summed E-state index contributed by atoms with van der Waals surface area (Å²) in [4.78, 5) is 8.18. The van der Waals surface area contributed by atoms with Crippen molar-refractivity contribution in [3.63, 3.8) is 0 Å². The lowest BCUT2D eigenvalue weighted by atomic mass is 10.2. The maximum atomic E-state index is 9.53. The molecule has 0 saturated heterocycles. The van der Waals surface area contributed by atoms with E-state index in [1.54, 1.807) is 12.3 Å². The van der Waals surface area contributed by atoms with E-state index in [-0.39, 0.29) is 6.10 Å². The van der Waals surface area contributed by atoms with Crippen LogP contribution in [-0.4, -0.2) is 34.3 Å². The maximum absolute atomic E-state index is 9.53. The van der Waals surface area contributed by atoms with Crippen LogP contribution in [0.3, 0.4) is 0 Å². The van der Waals surface area contributed by atoms with E-state index in [2.05, 4.69) is 15.3 Å². The van der Waals surface area contributed by atoms with Gasteiger partial charge in [-0.3, -0.25) is 0 Å². The third kappa shape index (κ3) is 4.44. The van der Waals surface area contributed by atoms with Gasteiger partial charge in [-0.25, -0.2) is 4.98 Å². The number of aromatic nitrogens is 2. The summed E-state index contributed by atoms with van der Waals surface area (Å²) in [7, 11) is 0. The van der Waals surface area contributed by atoms with E-state index in [1.165, 1.54) is 0 Å². The van der Waals surface area contributed by atoms with Gasteiger partial charge in [-0.1, -0.05) is 13.3 Å². The van der Waals surface area contributed by atoms with Crippen molar-refractivity contribution in [3.05, 3.63) is 12.3 Å². The Hall–Kier alpha value is -1.36. The first kappa shape index (κ1) is 12.7. The molecule has 90 valence electrons. The van der Waals surface area contributed by atoms with Crippen LogP contribution in [-0.2, 0) is 0 Å². The predicted molar refractivity (Wildman–Crippen MR) is 62.6 cm³/mol. The van der Waals surface area contributed by atoms with Crippen molar-refractivity contribution < 1.29 is 9.84 Å². The molecule has 1 unspecified atom stereocenters. The highest BCUT2D eigenvalue weighted by atomic mass is 16.5. The first-order valence-electron chi connectivity index (χ1n) is 5.64. The van der Waals surface area contributed by atoms with Gasteiger partial charge in [-0.05, 0) is 13.3 Å². The van der Waals surface area contributed by atoms with Gasteiger partial charge in [0, 0.05) is 18.8 Å². The molecule has 0 aliphatic heterocycles. The second kappa shape index (κ2) is 7.00. The molecule has 1 rings (SSSR count). The van der Waals surface area contributed by atoms with Gasteiger partial charge < -0.3 is 15.2 Å². The fraction of sp³-hybridized carbons (Fsp3) is 0.636. The molecule has 5 heteroatoms. The molecule has 0 amide bonds. The number of aliphatic hydroxyl groups excluding tert-OH is 1. The number of anilines is 1. The quantitative estimate of drug-likeness (QED) is 0.735. The van der Waals surface area contributed by atoms with Crippen LogP contribution >= 0.6 is 0 Å². The lowest BCUT2D eigenvalue weighted by Gasteiger charge is -2.10. The molecule has 1 aromatic heterocycles. The van der Waals surface area contributed by atoms with Gasteiger partial charge in [0.05, 0.1) is 12.7 Å². The monoisotopic (exact) mass is 225 g/mol. The number of rotatable bonds is 7. The van der Waals surface area contributed by atoms with E-state index >= 15 is 0 Å². The molecular formula is C11H19N3O2. The van der Waals surface area contributed by atoms with E-state index in [0.29, 0.717) is 25.0 Å². The number of hydrogen-bond acceptors (Lipinski definition) is 5. The van der Waals surface area contributed by atoms with Crippen LogP contribution < -0.4 is 10.1 Å². The van der Waals surface area contributed by atoms with Crippen LogP contribution in [0.5, 0.6) is 5.88 Å². The summed E-state index contributed by atoms with van der Waals surface area (Å²) >= 11 is 0. The minimum absolute atomic E-state index is 0.357. The first-order valence-corrected chi connectivity index (χ1v) is 5.64. The minimum Gasteiger partial charge on any atom is -0.478 e. The average molecular weight is 225 g/mol. The van der Waals surface area contributed by atoms with Crippen LogP contribution in [0.2, 0.25) is 0 Å². The molecule has 1 atom stereocenters. The topological polar surface area (TPSA) is 67.3 Å². The number of hydrogen-bond donors (Lipinski definition) is 2. The van der Waals surface area contributed by atoms with Crippen LogP contribution in [0.4, 0.5) is 5.95 Å². The smallest absolute Gasteiger partial charge is 0.226 e. The SMILES string of the molecule is CCCC(O)CNc1nccc(OCC)n1. The van der Waals surface area contributed by atoms with Gasteiger partial charge in [0.15, 0.2) is 0 Å². The second-order valence-electron chi connectivity index (χ2n) is 3.47. The van der Waals surface area contributed by atoms with Crippen molar-refractivity contribution >= 4 is 5.95 Å². The molecule has 1 aromatic rings. The van der Waals surface area contributed by atoms with Crippen molar-refractivity contribution in [2.45, 2.75) is 32.8 Å². The second-order valence-corrected chi connectivity index (χ2v) is 3.47. The molecule has 16 heavy (non-hydrogen) atoms. The van der Waals surface area contributed by atoms with Crippen molar-refractivity contribution in [2.24, 2.45) is 0 Å². The summed E-state index contributed by atoms with van der Waals surface area (Å²) in [6.45, 7) is 4.98. The highest BCUT2D eigenvalue weighted by molar-refractivity contribution is 5.27. The third-order valence-corrected chi connectivity index (χ3v) is 2.04. The lowest BCUT2D eigenvalue weighted by molar-refractivity contribution is 0.176. The maximum Gasteiger partial charge on any atom is 0.226 e. The zero-order valence-electron chi connectivity index (χ0n) is 9.81. The first-order chi connectivity index (χ1) is 7.76. The van der Waals surface area contributed by atoms with Gasteiger partial charge >= 0.3 is 0 Å².